The van der Waals surface area contributed by atoms with Crippen LogP contribution in [0.5, 0.6) is 0 Å². The van der Waals surface area contributed by atoms with Crippen LogP contribution in [0.3, 0.4) is 0 Å². The first-order valence-electron chi connectivity index (χ1n) is 7.43. The molecule has 0 spiro atoms. The van der Waals surface area contributed by atoms with E-state index in [1.165, 1.54) is 25.8 Å². The predicted octanol–water partition coefficient (Wildman–Crippen LogP) is 2.55. The van der Waals surface area contributed by atoms with Crippen LogP contribution in [0.2, 0.25) is 0 Å². The van der Waals surface area contributed by atoms with Crippen molar-refractivity contribution in [2.24, 2.45) is 5.92 Å². The minimum atomic E-state index is 0.118. The number of fused-ring (bicyclic) bond motifs is 2. The molecule has 2 aliphatic rings. The maximum atomic E-state index is 5.47. The summed E-state index contributed by atoms with van der Waals surface area (Å²) < 4.78 is 5.47. The molecule has 1 aromatic rings. The first kappa shape index (κ1) is 13.1. The van der Waals surface area contributed by atoms with Gasteiger partial charge in [-0.2, -0.15) is 0 Å². The van der Waals surface area contributed by atoms with Crippen molar-refractivity contribution in [2.75, 3.05) is 6.54 Å². The third-order valence-corrected chi connectivity index (χ3v) is 4.29. The molecule has 4 heteroatoms. The fourth-order valence-corrected chi connectivity index (χ4v) is 3.29. The van der Waals surface area contributed by atoms with Gasteiger partial charge in [-0.25, -0.2) is 0 Å². The summed E-state index contributed by atoms with van der Waals surface area (Å²) in [6.45, 7) is 9.45. The van der Waals surface area contributed by atoms with Crippen LogP contribution in [0.15, 0.2) is 10.6 Å². The molecule has 4 nitrogen and oxygen atoms in total. The molecule has 1 N–H and O–H groups in total. The highest BCUT2D eigenvalue weighted by Crippen LogP contribution is 2.38. The van der Waals surface area contributed by atoms with E-state index in [1.807, 2.05) is 0 Å². The van der Waals surface area contributed by atoms with Gasteiger partial charge in [0.2, 0.25) is 0 Å². The van der Waals surface area contributed by atoms with Gasteiger partial charge in [0, 0.05) is 30.7 Å². The number of hydrogen-bond acceptors (Lipinski definition) is 4. The molecule has 19 heavy (non-hydrogen) atoms. The zero-order valence-electron chi connectivity index (χ0n) is 12.3. The van der Waals surface area contributed by atoms with E-state index in [4.69, 9.17) is 4.52 Å². The molecule has 2 fully saturated rings. The number of nitrogens with zero attached hydrogens (tertiary/aromatic N) is 2. The Hall–Kier alpha value is -0.870. The molecule has 0 aromatic carbocycles. The lowest BCUT2D eigenvalue weighted by molar-refractivity contribution is 0.183. The van der Waals surface area contributed by atoms with E-state index in [0.29, 0.717) is 0 Å². The van der Waals surface area contributed by atoms with Crippen molar-refractivity contribution < 1.29 is 4.52 Å². The Morgan fingerprint density at radius 3 is 2.89 bits per heavy atom. The van der Waals surface area contributed by atoms with Gasteiger partial charge in [-0.1, -0.05) is 5.16 Å². The molecule has 3 rings (SSSR count). The minimum Gasteiger partial charge on any atom is -0.360 e. The maximum absolute atomic E-state index is 5.47. The van der Waals surface area contributed by atoms with Crippen LogP contribution in [0.4, 0.5) is 0 Å². The van der Waals surface area contributed by atoms with Crippen molar-refractivity contribution in [3.05, 3.63) is 17.5 Å². The lowest BCUT2D eigenvalue weighted by Gasteiger charge is -2.25. The maximum Gasteiger partial charge on any atom is 0.151 e. The van der Waals surface area contributed by atoms with Crippen LogP contribution >= 0.6 is 0 Å². The molecule has 0 radical (unpaired) electrons. The topological polar surface area (TPSA) is 41.3 Å². The van der Waals surface area contributed by atoms with Gasteiger partial charge in [0.05, 0.1) is 12.2 Å². The summed E-state index contributed by atoms with van der Waals surface area (Å²) in [5.74, 6) is 1.95. The summed E-state index contributed by atoms with van der Waals surface area (Å²) in [6.07, 6.45) is 4.20. The van der Waals surface area contributed by atoms with Gasteiger partial charge < -0.3 is 9.84 Å². The monoisotopic (exact) mass is 263 g/mol. The molecule has 1 aromatic heterocycles. The van der Waals surface area contributed by atoms with Gasteiger partial charge in [-0.3, -0.25) is 4.90 Å². The summed E-state index contributed by atoms with van der Waals surface area (Å²) >= 11 is 0. The molecule has 1 aliphatic carbocycles. The largest absolute Gasteiger partial charge is 0.360 e. The minimum absolute atomic E-state index is 0.118. The van der Waals surface area contributed by atoms with E-state index >= 15 is 0 Å². The SMILES string of the molecule is CC(C)(C)NCc1cc(CN2CC3CCC2C3)on1. The van der Waals surface area contributed by atoms with Crippen molar-refractivity contribution in [3.8, 4) is 0 Å². The van der Waals surface area contributed by atoms with Gasteiger partial charge in [-0.05, 0) is 46.0 Å². The highest BCUT2D eigenvalue weighted by atomic mass is 16.5. The van der Waals surface area contributed by atoms with E-state index in [9.17, 15) is 0 Å². The van der Waals surface area contributed by atoms with E-state index in [1.54, 1.807) is 0 Å². The standard InChI is InChI=1S/C15H25N3O/c1-15(2,3)16-8-12-7-14(19-17-12)10-18-9-11-4-5-13(18)6-11/h7,11,13,16H,4-6,8-10H2,1-3H3. The first-order chi connectivity index (χ1) is 8.99. The quantitative estimate of drug-likeness (QED) is 0.906. The molecule has 1 aliphatic heterocycles. The second-order valence-corrected chi connectivity index (χ2v) is 7.15. The average Bonchev–Trinajstić information content (AvgIpc) is 3.01. The van der Waals surface area contributed by atoms with E-state index in [0.717, 1.165) is 36.5 Å². The summed E-state index contributed by atoms with van der Waals surface area (Å²) in [5.41, 5.74) is 1.13. The van der Waals surface area contributed by atoms with Crippen molar-refractivity contribution in [3.63, 3.8) is 0 Å². The molecule has 2 unspecified atom stereocenters. The van der Waals surface area contributed by atoms with Crippen molar-refractivity contribution >= 4 is 0 Å². The van der Waals surface area contributed by atoms with Gasteiger partial charge in [0.1, 0.15) is 0 Å². The molecule has 0 amide bonds. The molecular formula is C15H25N3O. The number of hydrogen-bond donors (Lipinski definition) is 1. The predicted molar refractivity (Wildman–Crippen MR) is 74.6 cm³/mol. The van der Waals surface area contributed by atoms with E-state index in [-0.39, 0.29) is 5.54 Å². The Morgan fingerprint density at radius 1 is 1.42 bits per heavy atom. The second kappa shape index (κ2) is 4.91. The molecule has 2 bridgehead atoms. The van der Waals surface area contributed by atoms with Crippen molar-refractivity contribution in [2.45, 2.75) is 64.7 Å². The Bertz CT molecular complexity index is 435. The third kappa shape index (κ3) is 3.18. The highest BCUT2D eigenvalue weighted by molar-refractivity contribution is 5.07. The third-order valence-electron chi connectivity index (χ3n) is 4.29. The van der Waals surface area contributed by atoms with E-state index < -0.39 is 0 Å². The lowest BCUT2D eigenvalue weighted by atomic mass is 10.1. The van der Waals surface area contributed by atoms with E-state index in [2.05, 4.69) is 42.2 Å². The fourth-order valence-electron chi connectivity index (χ4n) is 3.29. The number of likely N-dealkylation sites (tertiary alicyclic amines) is 1. The fraction of sp³-hybridized carbons (Fsp3) is 0.800. The summed E-state index contributed by atoms with van der Waals surface area (Å²) in [7, 11) is 0. The molecule has 1 saturated carbocycles. The molecule has 2 atom stereocenters. The van der Waals surface area contributed by atoms with Crippen molar-refractivity contribution in [1.82, 2.24) is 15.4 Å². The Morgan fingerprint density at radius 2 is 2.26 bits per heavy atom. The number of nitrogens with one attached hydrogen (secondary N) is 1. The molecule has 106 valence electrons. The van der Waals surface area contributed by atoms with Gasteiger partial charge in [0.25, 0.3) is 0 Å². The Kier molecular flexibility index (Phi) is 3.39. The van der Waals surface area contributed by atoms with Crippen LogP contribution < -0.4 is 5.32 Å². The van der Waals surface area contributed by atoms with Gasteiger partial charge in [0.15, 0.2) is 5.76 Å². The number of aromatic nitrogens is 1. The van der Waals surface area contributed by atoms with Gasteiger partial charge in [-0.15, -0.1) is 0 Å². The lowest BCUT2D eigenvalue weighted by Crippen LogP contribution is -2.35. The first-order valence-corrected chi connectivity index (χ1v) is 7.43. The molecular weight excluding hydrogens is 238 g/mol. The molecule has 2 heterocycles. The Balaban J connectivity index is 1.53. The zero-order valence-corrected chi connectivity index (χ0v) is 12.3. The van der Waals surface area contributed by atoms with Gasteiger partial charge >= 0.3 is 0 Å². The number of piperidine rings is 1. The van der Waals surface area contributed by atoms with Crippen LogP contribution in [-0.2, 0) is 13.1 Å². The summed E-state index contributed by atoms with van der Waals surface area (Å²) in [4.78, 5) is 2.57. The normalized spacial score (nSPS) is 27.3. The number of rotatable bonds is 4. The van der Waals surface area contributed by atoms with Crippen LogP contribution in [0.1, 0.15) is 51.5 Å². The van der Waals surface area contributed by atoms with Crippen LogP contribution in [-0.4, -0.2) is 28.2 Å². The second-order valence-electron chi connectivity index (χ2n) is 7.15. The van der Waals surface area contributed by atoms with Crippen molar-refractivity contribution in [1.29, 1.82) is 0 Å². The molecule has 1 saturated heterocycles. The average molecular weight is 263 g/mol. The highest BCUT2D eigenvalue weighted by Gasteiger charge is 2.37. The van der Waals surface area contributed by atoms with Crippen LogP contribution in [0, 0.1) is 5.92 Å². The zero-order chi connectivity index (χ0) is 13.5. The smallest absolute Gasteiger partial charge is 0.151 e. The summed E-state index contributed by atoms with van der Waals surface area (Å²) in [5, 5.41) is 7.60. The van der Waals surface area contributed by atoms with Crippen LogP contribution in [0.25, 0.3) is 0 Å². The Labute approximate surface area is 115 Å². The summed E-state index contributed by atoms with van der Waals surface area (Å²) in [6, 6.07) is 2.90.